The van der Waals surface area contributed by atoms with E-state index in [-0.39, 0.29) is 11.7 Å². The number of aromatic amines is 1. The summed E-state index contributed by atoms with van der Waals surface area (Å²) < 4.78 is 13.6. The lowest BCUT2D eigenvalue weighted by molar-refractivity contribution is -0.120. The zero-order chi connectivity index (χ0) is 20.1. The maximum absolute atomic E-state index is 13.6. The monoisotopic (exact) mass is 408 g/mol. The predicted molar refractivity (Wildman–Crippen MR) is 117 cm³/mol. The largest absolute Gasteiger partial charge is 0.355 e. The van der Waals surface area contributed by atoms with E-state index in [4.69, 9.17) is 0 Å². The van der Waals surface area contributed by atoms with Crippen LogP contribution in [0.2, 0.25) is 0 Å². The smallest absolute Gasteiger partial charge is 0.224 e. The predicted octanol–water partition coefficient (Wildman–Crippen LogP) is 6.01. The zero-order valence-electron chi connectivity index (χ0n) is 16.3. The van der Waals surface area contributed by atoms with E-state index in [0.717, 1.165) is 39.2 Å². The van der Waals surface area contributed by atoms with E-state index in [1.807, 2.05) is 30.3 Å². The lowest BCUT2D eigenvalue weighted by atomic mass is 9.97. The van der Waals surface area contributed by atoms with E-state index in [9.17, 15) is 9.18 Å². The molecule has 3 aromatic rings. The van der Waals surface area contributed by atoms with Crippen LogP contribution in [-0.4, -0.2) is 17.4 Å². The molecule has 2 aromatic carbocycles. The molecule has 5 heteroatoms. The molecule has 0 atom stereocenters. The third-order valence-corrected chi connectivity index (χ3v) is 6.32. The van der Waals surface area contributed by atoms with Crippen molar-refractivity contribution in [1.29, 1.82) is 0 Å². The highest BCUT2D eigenvalue weighted by atomic mass is 32.2. The van der Waals surface area contributed by atoms with Gasteiger partial charge in [0.05, 0.1) is 11.4 Å². The topological polar surface area (TPSA) is 44.9 Å². The van der Waals surface area contributed by atoms with Gasteiger partial charge in [-0.05, 0) is 56.4 Å². The summed E-state index contributed by atoms with van der Waals surface area (Å²) >= 11 is 1.46. The summed E-state index contributed by atoms with van der Waals surface area (Å²) in [5.74, 6) is -0.241. The molecule has 0 bridgehead atoms. The minimum Gasteiger partial charge on any atom is -0.355 e. The summed E-state index contributed by atoms with van der Waals surface area (Å²) in [5.41, 5.74) is 3.41. The number of amides is 1. The van der Waals surface area contributed by atoms with Crippen LogP contribution in [-0.2, 0) is 11.2 Å². The number of fused-ring (bicyclic) bond motifs is 1. The van der Waals surface area contributed by atoms with Gasteiger partial charge in [-0.3, -0.25) is 4.79 Å². The summed E-state index contributed by atoms with van der Waals surface area (Å²) in [6.07, 6.45) is 8.43. The fourth-order valence-corrected chi connectivity index (χ4v) is 4.82. The molecule has 0 saturated carbocycles. The van der Waals surface area contributed by atoms with Gasteiger partial charge in [0.25, 0.3) is 0 Å². The molecule has 150 valence electrons. The Hall–Kier alpha value is -2.53. The average Bonchev–Trinajstić information content (AvgIpc) is 3.06. The van der Waals surface area contributed by atoms with Gasteiger partial charge in [-0.1, -0.05) is 47.7 Å². The molecule has 1 aliphatic carbocycles. The highest BCUT2D eigenvalue weighted by Gasteiger charge is 2.16. The number of aromatic nitrogens is 1. The Labute approximate surface area is 174 Å². The first-order chi connectivity index (χ1) is 14.2. The molecule has 2 N–H and O–H groups in total. The second kappa shape index (κ2) is 9.31. The highest BCUT2D eigenvalue weighted by molar-refractivity contribution is 7.99. The van der Waals surface area contributed by atoms with Gasteiger partial charge in [0.15, 0.2) is 0 Å². The Kier molecular flexibility index (Phi) is 6.35. The summed E-state index contributed by atoms with van der Waals surface area (Å²) in [6.45, 7) is 0.680. The molecular weight excluding hydrogens is 383 g/mol. The number of carbonyl (C=O) groups excluding carboxylic acids is 1. The van der Waals surface area contributed by atoms with Crippen molar-refractivity contribution in [3.8, 4) is 0 Å². The van der Waals surface area contributed by atoms with Crippen molar-refractivity contribution in [1.82, 2.24) is 10.3 Å². The number of para-hydroxylation sites is 1. The van der Waals surface area contributed by atoms with Crippen molar-refractivity contribution in [2.75, 3.05) is 6.54 Å². The lowest BCUT2D eigenvalue weighted by Gasteiger charge is -2.13. The fraction of sp³-hybridized carbons (Fsp3) is 0.292. The molecule has 3 nitrogen and oxygen atoms in total. The van der Waals surface area contributed by atoms with Crippen LogP contribution in [0.1, 0.15) is 37.7 Å². The van der Waals surface area contributed by atoms with Gasteiger partial charge in [-0.2, -0.15) is 0 Å². The molecule has 0 radical (unpaired) electrons. The fourth-order valence-electron chi connectivity index (χ4n) is 3.80. The van der Waals surface area contributed by atoms with E-state index in [2.05, 4.69) is 16.4 Å². The Morgan fingerprint density at radius 3 is 2.86 bits per heavy atom. The van der Waals surface area contributed by atoms with E-state index >= 15 is 0 Å². The molecule has 1 amide bonds. The number of hydrogen-bond donors (Lipinski definition) is 2. The van der Waals surface area contributed by atoms with Gasteiger partial charge in [0.2, 0.25) is 5.91 Å². The number of rotatable bonds is 7. The standard InChI is InChI=1S/C24H25FN2OS/c25-18-9-6-10-19(15-18)29-24-21(20-11-4-5-12-22(20)27-24)16-23(28)26-14-13-17-7-2-1-3-8-17/h4-7,9-12,15,27H,1-3,8,13-14,16H2,(H,26,28). The van der Waals surface area contributed by atoms with Crippen LogP contribution >= 0.6 is 11.8 Å². The second-order valence-electron chi connectivity index (χ2n) is 7.42. The number of benzene rings is 2. The van der Waals surface area contributed by atoms with Crippen molar-refractivity contribution in [3.63, 3.8) is 0 Å². The molecule has 0 saturated heterocycles. The summed E-state index contributed by atoms with van der Waals surface area (Å²) in [6, 6.07) is 14.5. The summed E-state index contributed by atoms with van der Waals surface area (Å²) in [4.78, 5) is 16.8. The van der Waals surface area contributed by atoms with Crippen LogP contribution in [0, 0.1) is 5.82 Å². The van der Waals surface area contributed by atoms with Crippen molar-refractivity contribution in [2.24, 2.45) is 0 Å². The molecule has 1 heterocycles. The van der Waals surface area contributed by atoms with Crippen molar-refractivity contribution >= 4 is 28.6 Å². The second-order valence-corrected chi connectivity index (χ2v) is 8.51. The molecule has 1 aliphatic rings. The Morgan fingerprint density at radius 2 is 2.03 bits per heavy atom. The molecular formula is C24H25FN2OS. The van der Waals surface area contributed by atoms with Crippen molar-refractivity contribution in [2.45, 2.75) is 48.4 Å². The van der Waals surface area contributed by atoms with Crippen molar-refractivity contribution < 1.29 is 9.18 Å². The molecule has 4 rings (SSSR count). The molecule has 0 unspecified atom stereocenters. The van der Waals surface area contributed by atoms with E-state index in [1.165, 1.54) is 48.7 Å². The van der Waals surface area contributed by atoms with Crippen LogP contribution in [0.5, 0.6) is 0 Å². The van der Waals surface area contributed by atoms with Crippen LogP contribution in [0.15, 0.2) is 70.1 Å². The van der Waals surface area contributed by atoms with Crippen LogP contribution in [0.3, 0.4) is 0 Å². The van der Waals surface area contributed by atoms with E-state index in [0.29, 0.717) is 13.0 Å². The molecule has 1 aromatic heterocycles. The summed E-state index contributed by atoms with van der Waals surface area (Å²) in [5, 5.41) is 5.00. The molecule has 29 heavy (non-hydrogen) atoms. The van der Waals surface area contributed by atoms with Gasteiger partial charge < -0.3 is 10.3 Å². The van der Waals surface area contributed by atoms with Gasteiger partial charge in [0.1, 0.15) is 5.82 Å². The minimum atomic E-state index is -0.262. The van der Waals surface area contributed by atoms with Gasteiger partial charge >= 0.3 is 0 Å². The third-order valence-electron chi connectivity index (χ3n) is 5.28. The molecule has 0 fully saturated rings. The Bertz CT molecular complexity index is 1040. The normalized spacial score (nSPS) is 14.0. The van der Waals surface area contributed by atoms with E-state index in [1.54, 1.807) is 6.07 Å². The van der Waals surface area contributed by atoms with Crippen LogP contribution in [0.4, 0.5) is 4.39 Å². The van der Waals surface area contributed by atoms with E-state index < -0.39 is 0 Å². The Balaban J connectivity index is 1.47. The van der Waals surface area contributed by atoms with Crippen LogP contribution < -0.4 is 5.32 Å². The van der Waals surface area contributed by atoms with Crippen molar-refractivity contribution in [3.05, 3.63) is 71.6 Å². The first-order valence-electron chi connectivity index (χ1n) is 10.2. The average molecular weight is 409 g/mol. The quantitative estimate of drug-likeness (QED) is 0.471. The third kappa shape index (κ3) is 5.10. The SMILES string of the molecule is O=C(Cc1c(Sc2cccc(F)c2)[nH]c2ccccc12)NCCC1=CCCCC1. The number of H-pyrrole nitrogens is 1. The zero-order valence-corrected chi connectivity index (χ0v) is 17.2. The number of halogens is 1. The van der Waals surface area contributed by atoms with Crippen LogP contribution in [0.25, 0.3) is 10.9 Å². The van der Waals surface area contributed by atoms with Gasteiger partial charge in [0, 0.05) is 27.9 Å². The van der Waals surface area contributed by atoms with Gasteiger partial charge in [-0.25, -0.2) is 4.39 Å². The number of carbonyl (C=O) groups is 1. The number of hydrogen-bond acceptors (Lipinski definition) is 2. The first-order valence-corrected chi connectivity index (χ1v) is 11.0. The number of allylic oxidation sites excluding steroid dienone is 1. The summed E-state index contributed by atoms with van der Waals surface area (Å²) in [7, 11) is 0. The van der Waals surface area contributed by atoms with Gasteiger partial charge in [-0.15, -0.1) is 0 Å². The minimum absolute atomic E-state index is 0.0206. The maximum Gasteiger partial charge on any atom is 0.224 e. The highest BCUT2D eigenvalue weighted by Crippen LogP contribution is 2.35. The lowest BCUT2D eigenvalue weighted by Crippen LogP contribution is -2.26. The number of nitrogens with one attached hydrogen (secondary N) is 2. The molecule has 0 spiro atoms. The Morgan fingerprint density at radius 1 is 1.14 bits per heavy atom. The first kappa shape index (κ1) is 19.8. The molecule has 0 aliphatic heterocycles. The maximum atomic E-state index is 13.6.